The summed E-state index contributed by atoms with van der Waals surface area (Å²) in [6, 6.07) is 25.0. The van der Waals surface area contributed by atoms with E-state index in [1.165, 1.54) is 24.3 Å². The van der Waals surface area contributed by atoms with Gasteiger partial charge in [0.05, 0.1) is 18.6 Å². The molecule has 9 nitrogen and oxygen atoms in total. The van der Waals surface area contributed by atoms with E-state index in [9.17, 15) is 9.59 Å². The fourth-order valence-corrected chi connectivity index (χ4v) is 7.55. The summed E-state index contributed by atoms with van der Waals surface area (Å²) in [5.74, 6) is 0.0551. The second-order valence-electron chi connectivity index (χ2n) is 13.5. The van der Waals surface area contributed by atoms with Crippen molar-refractivity contribution in [1.29, 1.82) is 0 Å². The van der Waals surface area contributed by atoms with Gasteiger partial charge in [-0.25, -0.2) is 18.6 Å². The number of carbonyl (C=O) groups is 2. The van der Waals surface area contributed by atoms with Crippen LogP contribution < -0.4 is 4.74 Å². The van der Waals surface area contributed by atoms with Gasteiger partial charge in [0.1, 0.15) is 24.0 Å². The highest BCUT2D eigenvalue weighted by atomic mass is 32.2. The zero-order chi connectivity index (χ0) is 39.0. The average Bonchev–Trinajstić information content (AvgIpc) is 3.87. The van der Waals surface area contributed by atoms with E-state index in [2.05, 4.69) is 34.0 Å². The summed E-state index contributed by atoms with van der Waals surface area (Å²) in [6.45, 7) is 6.80. The number of fused-ring (bicyclic) bond motifs is 1. The average molecular weight is 767 g/mol. The van der Waals surface area contributed by atoms with Crippen molar-refractivity contribution in [3.8, 4) is 22.9 Å². The Labute approximate surface area is 323 Å². The van der Waals surface area contributed by atoms with E-state index < -0.39 is 23.0 Å². The monoisotopic (exact) mass is 766 g/mol. The summed E-state index contributed by atoms with van der Waals surface area (Å²) in [6.07, 6.45) is 3.52. The number of amides is 1. The maximum absolute atomic E-state index is 15.5. The number of thioether (sulfide) groups is 1. The Kier molecular flexibility index (Phi) is 12.6. The van der Waals surface area contributed by atoms with Gasteiger partial charge in [-0.15, -0.1) is 0 Å². The van der Waals surface area contributed by atoms with Crippen LogP contribution in [0.5, 0.6) is 11.5 Å². The number of ether oxygens (including phenoxy) is 3. The first-order valence-electron chi connectivity index (χ1n) is 18.1. The Morgan fingerprint density at radius 1 is 0.945 bits per heavy atom. The van der Waals surface area contributed by atoms with Gasteiger partial charge >= 0.3 is 12.1 Å². The molecule has 0 fully saturated rings. The largest absolute Gasteiger partial charge is 0.466 e. The highest BCUT2D eigenvalue weighted by molar-refractivity contribution is 7.99. The molecule has 55 heavy (non-hydrogen) atoms. The van der Waals surface area contributed by atoms with Gasteiger partial charge in [-0.05, 0) is 68.3 Å². The lowest BCUT2D eigenvalue weighted by Gasteiger charge is -2.29. The van der Waals surface area contributed by atoms with E-state index in [1.807, 2.05) is 49.4 Å². The van der Waals surface area contributed by atoms with Crippen LogP contribution in [0.1, 0.15) is 48.2 Å². The summed E-state index contributed by atoms with van der Waals surface area (Å²) in [7, 11) is 1.73. The maximum Gasteiger partial charge on any atom is 0.409 e. The third-order valence-electron chi connectivity index (χ3n) is 9.57. The van der Waals surface area contributed by atoms with E-state index in [0.717, 1.165) is 34.6 Å². The molecule has 6 rings (SSSR count). The number of hydrogen-bond donors (Lipinski definition) is 2. The molecule has 0 saturated heterocycles. The second kappa shape index (κ2) is 17.7. The van der Waals surface area contributed by atoms with Crippen LogP contribution in [0.15, 0.2) is 97.3 Å². The SMILES string of the molecule is CCOC(=O)Cc1c(Oc2ccc(F)c(-c3ncc(C(C)(CCSCCN(C)C(=O)OCc4ccccc4)c4cccc(C)c4)[nH]3)c2)c(F)cc2[nH]ccc12. The van der Waals surface area contributed by atoms with Crippen molar-refractivity contribution in [3.63, 3.8) is 0 Å². The molecule has 1 unspecified atom stereocenters. The third kappa shape index (κ3) is 9.37. The van der Waals surface area contributed by atoms with Crippen LogP contribution in [0, 0.1) is 18.6 Å². The van der Waals surface area contributed by atoms with Crippen LogP contribution in [0.25, 0.3) is 22.3 Å². The van der Waals surface area contributed by atoms with Crippen molar-refractivity contribution in [2.45, 2.75) is 45.6 Å². The van der Waals surface area contributed by atoms with Crippen LogP contribution in [0.2, 0.25) is 0 Å². The molecule has 286 valence electrons. The molecule has 0 aliphatic rings. The van der Waals surface area contributed by atoms with Gasteiger partial charge in [0.15, 0.2) is 11.6 Å². The van der Waals surface area contributed by atoms with Gasteiger partial charge in [0.25, 0.3) is 0 Å². The van der Waals surface area contributed by atoms with Crippen molar-refractivity contribution >= 4 is 34.7 Å². The minimum Gasteiger partial charge on any atom is -0.466 e. The van der Waals surface area contributed by atoms with Gasteiger partial charge in [-0.2, -0.15) is 11.8 Å². The Balaban J connectivity index is 1.18. The fourth-order valence-electron chi connectivity index (χ4n) is 6.39. The van der Waals surface area contributed by atoms with Gasteiger partial charge in [-0.3, -0.25) is 4.79 Å². The zero-order valence-electron chi connectivity index (χ0n) is 31.3. The number of nitrogens with one attached hydrogen (secondary N) is 2. The standard InChI is InChI=1S/C43H44F2N4O5S/c1-5-52-39(50)24-33-32-16-18-46-37(32)25-36(45)40(33)54-31-14-15-35(44)34(23-31)41-47-26-38(48-41)43(3,30-13-9-10-28(2)22-30)17-20-55-21-19-49(4)42(51)53-27-29-11-7-6-8-12-29/h6-16,18,22-23,25-26,46H,5,17,19-21,24,27H2,1-4H3,(H,47,48). The number of aromatic amines is 2. The first-order valence-corrected chi connectivity index (χ1v) is 19.2. The van der Waals surface area contributed by atoms with E-state index in [-0.39, 0.29) is 48.6 Å². The van der Waals surface area contributed by atoms with Crippen molar-refractivity contribution in [2.75, 3.05) is 31.7 Å². The number of nitrogens with zero attached hydrogens (tertiary/aromatic N) is 2. The first kappa shape index (κ1) is 39.1. The van der Waals surface area contributed by atoms with E-state index in [0.29, 0.717) is 28.8 Å². The van der Waals surface area contributed by atoms with Crippen LogP contribution in [0.3, 0.4) is 0 Å². The van der Waals surface area contributed by atoms with Gasteiger partial charge in [0, 0.05) is 65.4 Å². The number of rotatable bonds is 16. The molecular weight excluding hydrogens is 723 g/mol. The Morgan fingerprint density at radius 3 is 2.55 bits per heavy atom. The molecule has 0 aliphatic heterocycles. The molecule has 0 bridgehead atoms. The number of aromatic nitrogens is 3. The summed E-state index contributed by atoms with van der Waals surface area (Å²) < 4.78 is 47.7. The van der Waals surface area contributed by atoms with Crippen LogP contribution >= 0.6 is 11.8 Å². The third-order valence-corrected chi connectivity index (χ3v) is 10.5. The molecule has 0 spiro atoms. The molecule has 2 aromatic heterocycles. The Bertz CT molecular complexity index is 2260. The molecule has 0 radical (unpaired) electrons. The molecule has 0 saturated carbocycles. The number of halogens is 2. The second-order valence-corrected chi connectivity index (χ2v) is 14.7. The predicted octanol–water partition coefficient (Wildman–Crippen LogP) is 9.74. The molecule has 0 aliphatic carbocycles. The van der Waals surface area contributed by atoms with Gasteiger partial charge in [0.2, 0.25) is 0 Å². The molecule has 1 amide bonds. The summed E-state index contributed by atoms with van der Waals surface area (Å²) >= 11 is 1.73. The lowest BCUT2D eigenvalue weighted by Crippen LogP contribution is -2.30. The first-order chi connectivity index (χ1) is 26.5. The van der Waals surface area contributed by atoms with E-state index in [1.54, 1.807) is 49.1 Å². The van der Waals surface area contributed by atoms with Gasteiger partial charge < -0.3 is 29.1 Å². The predicted molar refractivity (Wildman–Crippen MR) is 211 cm³/mol. The smallest absolute Gasteiger partial charge is 0.409 e. The number of aryl methyl sites for hydroxylation is 1. The normalized spacial score (nSPS) is 12.3. The number of benzene rings is 4. The minimum absolute atomic E-state index is 0.141. The van der Waals surface area contributed by atoms with Crippen molar-refractivity contribution < 1.29 is 32.6 Å². The fraction of sp³-hybridized carbons (Fsp3) is 0.279. The highest BCUT2D eigenvalue weighted by Gasteiger charge is 2.31. The van der Waals surface area contributed by atoms with Gasteiger partial charge in [-0.1, -0.05) is 60.2 Å². The number of carbonyl (C=O) groups excluding carboxylic acids is 2. The molecule has 2 heterocycles. The van der Waals surface area contributed by atoms with Crippen LogP contribution in [0.4, 0.5) is 13.6 Å². The molecule has 1 atom stereocenters. The lowest BCUT2D eigenvalue weighted by molar-refractivity contribution is -0.142. The highest BCUT2D eigenvalue weighted by Crippen LogP contribution is 2.39. The number of H-pyrrole nitrogens is 2. The van der Waals surface area contributed by atoms with Crippen LogP contribution in [-0.2, 0) is 32.7 Å². The topological polar surface area (TPSA) is 110 Å². The van der Waals surface area contributed by atoms with Crippen molar-refractivity contribution in [3.05, 3.63) is 137 Å². The Morgan fingerprint density at radius 2 is 1.76 bits per heavy atom. The number of imidazole rings is 1. The van der Waals surface area contributed by atoms with Crippen molar-refractivity contribution in [2.24, 2.45) is 0 Å². The molecule has 6 aromatic rings. The number of hydrogen-bond acceptors (Lipinski definition) is 7. The Hall–Kier alpha value is -5.62. The molecule has 12 heteroatoms. The molecule has 4 aromatic carbocycles. The summed E-state index contributed by atoms with van der Waals surface area (Å²) in [5, 5.41) is 0.615. The summed E-state index contributed by atoms with van der Waals surface area (Å²) in [4.78, 5) is 37.6. The maximum atomic E-state index is 15.5. The quantitative estimate of drug-likeness (QED) is 0.0746. The minimum atomic E-state index is -0.679. The van der Waals surface area contributed by atoms with Crippen molar-refractivity contribution in [1.82, 2.24) is 19.9 Å². The molecular formula is C43H44F2N4O5S. The molecule has 2 N–H and O–H groups in total. The van der Waals surface area contributed by atoms with E-state index >= 15 is 8.78 Å². The zero-order valence-corrected chi connectivity index (χ0v) is 32.1. The van der Waals surface area contributed by atoms with Crippen LogP contribution in [-0.4, -0.2) is 63.6 Å². The lowest BCUT2D eigenvalue weighted by atomic mass is 9.77. The summed E-state index contributed by atoms with van der Waals surface area (Å²) in [5.41, 5.74) is 4.36. The number of esters is 1. The van der Waals surface area contributed by atoms with E-state index in [4.69, 9.17) is 14.2 Å².